The van der Waals surface area contributed by atoms with Gasteiger partial charge in [0.05, 0.1) is 6.54 Å². The van der Waals surface area contributed by atoms with E-state index in [1.807, 2.05) is 0 Å². The fourth-order valence-corrected chi connectivity index (χ4v) is 0. The molecule has 0 atom stereocenters. The van der Waals surface area contributed by atoms with Gasteiger partial charge in [-0.1, -0.05) is 7.43 Å². The summed E-state index contributed by atoms with van der Waals surface area (Å²) < 4.78 is 0. The molecule has 0 radical (unpaired) electrons. The van der Waals surface area contributed by atoms with Gasteiger partial charge in [0.1, 0.15) is 0 Å². The molecule has 3 nitrogen and oxygen atoms in total. The Morgan fingerprint density at radius 1 is 1.83 bits per heavy atom. The maximum absolute atomic E-state index is 9.24. The second-order valence-corrected chi connectivity index (χ2v) is 0.598. The van der Waals surface area contributed by atoms with Crippen LogP contribution in [0, 0.1) is 0 Å². The van der Waals surface area contributed by atoms with E-state index in [0.717, 1.165) is 0 Å². The summed E-state index contributed by atoms with van der Waals surface area (Å²) in [6.07, 6.45) is 0. The van der Waals surface area contributed by atoms with Crippen LogP contribution in [-0.4, -0.2) is 17.6 Å². The van der Waals surface area contributed by atoms with Gasteiger partial charge < -0.3 is 10.8 Å². The zero-order valence-corrected chi connectivity index (χ0v) is 2.64. The quantitative estimate of drug-likeness (QED) is 0.464. The van der Waals surface area contributed by atoms with Crippen molar-refractivity contribution in [1.82, 2.24) is 0 Å². The van der Waals surface area contributed by atoms with Crippen molar-refractivity contribution in [3.05, 3.63) is 0 Å². The molecule has 0 aliphatic heterocycles. The Balaban J connectivity index is 0. The molecule has 0 fully saturated rings. The Bertz CT molecular complexity index is 44.1. The molecule has 0 amide bonds. The lowest BCUT2D eigenvalue weighted by atomic mass is 10.7. The first-order valence-corrected chi connectivity index (χ1v) is 1.19. The molecule has 0 aromatic heterocycles. The van der Waals surface area contributed by atoms with Crippen LogP contribution in [0.5, 0.6) is 0 Å². The molecule has 0 saturated heterocycles. The van der Waals surface area contributed by atoms with Crippen molar-refractivity contribution in [1.29, 1.82) is 0 Å². The van der Waals surface area contributed by atoms with Gasteiger partial charge in [0.25, 0.3) is 0 Å². The van der Waals surface area contributed by atoms with E-state index in [1.54, 1.807) is 0 Å². The molecule has 0 aromatic rings. The Kier molecular flexibility index (Phi) is 6.69. The van der Waals surface area contributed by atoms with Gasteiger partial charge in [0, 0.05) is 0 Å². The van der Waals surface area contributed by atoms with E-state index >= 15 is 0 Å². The third-order valence-corrected chi connectivity index (χ3v) is 0.175. The Hall–Kier alpha value is -0.570. The summed E-state index contributed by atoms with van der Waals surface area (Å²) in [5, 5.41) is 7.60. The molecule has 3 heteroatoms. The minimum atomic E-state index is -0.968. The average Bonchev–Trinajstić information content (AvgIpc) is 1.38. The molecule has 0 bridgehead atoms. The van der Waals surface area contributed by atoms with Crippen LogP contribution >= 0.6 is 0 Å². The molecule has 6 heavy (non-hydrogen) atoms. The van der Waals surface area contributed by atoms with Crippen LogP contribution in [0.25, 0.3) is 0 Å². The van der Waals surface area contributed by atoms with Crippen molar-refractivity contribution in [2.75, 3.05) is 6.54 Å². The lowest BCUT2D eigenvalue weighted by molar-refractivity contribution is -0.135. The number of carboxylic acid groups (broad SMARTS) is 1. The van der Waals surface area contributed by atoms with Crippen molar-refractivity contribution < 1.29 is 9.90 Å². The van der Waals surface area contributed by atoms with E-state index in [-0.39, 0.29) is 14.0 Å². The highest BCUT2D eigenvalue weighted by Gasteiger charge is 1.81. The zero-order valence-electron chi connectivity index (χ0n) is 2.64. The second-order valence-electron chi connectivity index (χ2n) is 0.598. The first-order chi connectivity index (χ1) is 2.27. The number of nitrogens with two attached hydrogens (primary N) is 1. The highest BCUT2D eigenvalue weighted by atomic mass is 16.4. The molecular weight excluding hydrogens is 82.0 g/mol. The summed E-state index contributed by atoms with van der Waals surface area (Å²) in [6, 6.07) is 0. The van der Waals surface area contributed by atoms with Gasteiger partial charge in [-0.3, -0.25) is 4.79 Å². The van der Waals surface area contributed by atoms with Crippen LogP contribution < -0.4 is 5.73 Å². The molecule has 0 aliphatic rings. The summed E-state index contributed by atoms with van der Waals surface area (Å²) in [4.78, 5) is 9.24. The molecule has 0 spiro atoms. The van der Waals surface area contributed by atoms with E-state index < -0.39 is 5.97 Å². The van der Waals surface area contributed by atoms with Crippen LogP contribution in [-0.2, 0) is 4.79 Å². The van der Waals surface area contributed by atoms with Crippen LogP contribution in [0.4, 0.5) is 0 Å². The number of carbonyl (C=O) groups is 1. The van der Waals surface area contributed by atoms with E-state index in [9.17, 15) is 4.79 Å². The van der Waals surface area contributed by atoms with Crippen molar-refractivity contribution in [3.63, 3.8) is 0 Å². The Morgan fingerprint density at radius 3 is 2.00 bits per heavy atom. The third kappa shape index (κ3) is 9.90. The van der Waals surface area contributed by atoms with Gasteiger partial charge in [-0.25, -0.2) is 0 Å². The van der Waals surface area contributed by atoms with Gasteiger partial charge in [-0.05, 0) is 0 Å². The maximum atomic E-state index is 9.24. The van der Waals surface area contributed by atoms with Crippen LogP contribution in [0.1, 0.15) is 7.43 Å². The van der Waals surface area contributed by atoms with Crippen molar-refractivity contribution in [2.45, 2.75) is 7.43 Å². The molecular formula is C3H9NO2. The van der Waals surface area contributed by atoms with Gasteiger partial charge in [0.2, 0.25) is 0 Å². The normalized spacial score (nSPS) is 6.17. The fourth-order valence-electron chi connectivity index (χ4n) is 0. The van der Waals surface area contributed by atoms with Crippen molar-refractivity contribution in [3.8, 4) is 0 Å². The molecule has 38 valence electrons. The lowest BCUT2D eigenvalue weighted by Crippen LogP contribution is -2.10. The van der Waals surface area contributed by atoms with Crippen LogP contribution in [0.15, 0.2) is 0 Å². The molecule has 0 rings (SSSR count). The number of carboxylic acids is 1. The predicted molar refractivity (Wildman–Crippen MR) is 23.4 cm³/mol. The molecule has 0 aliphatic carbocycles. The monoisotopic (exact) mass is 91.1 g/mol. The molecule has 0 aromatic carbocycles. The van der Waals surface area contributed by atoms with Gasteiger partial charge in [-0.2, -0.15) is 0 Å². The largest absolute Gasteiger partial charge is 0.480 e. The van der Waals surface area contributed by atoms with Crippen LogP contribution in [0.3, 0.4) is 0 Å². The summed E-state index contributed by atoms with van der Waals surface area (Å²) in [6.45, 7) is -0.278. The van der Waals surface area contributed by atoms with E-state index in [4.69, 9.17) is 5.11 Å². The van der Waals surface area contributed by atoms with Gasteiger partial charge in [-0.15, -0.1) is 0 Å². The first-order valence-electron chi connectivity index (χ1n) is 1.19. The Labute approximate surface area is 36.8 Å². The van der Waals surface area contributed by atoms with Gasteiger partial charge >= 0.3 is 5.97 Å². The summed E-state index contributed by atoms with van der Waals surface area (Å²) in [5.41, 5.74) is 4.57. The standard InChI is InChI=1S/C2H5NO2.CH4/c3-1-2(4)5;/h1,3H2,(H,4,5);1H4. The highest BCUT2D eigenvalue weighted by molar-refractivity contribution is 5.68. The minimum Gasteiger partial charge on any atom is -0.480 e. The number of aliphatic carboxylic acids is 1. The lowest BCUT2D eigenvalue weighted by Gasteiger charge is -1.73. The SMILES string of the molecule is C.NCC(=O)O. The van der Waals surface area contributed by atoms with E-state index in [0.29, 0.717) is 0 Å². The summed E-state index contributed by atoms with van der Waals surface area (Å²) >= 11 is 0. The number of hydrogen-bond donors (Lipinski definition) is 2. The zero-order chi connectivity index (χ0) is 4.28. The maximum Gasteiger partial charge on any atom is 0.317 e. The molecule has 0 unspecified atom stereocenters. The number of hydrogen-bond acceptors (Lipinski definition) is 2. The Morgan fingerprint density at radius 2 is 2.00 bits per heavy atom. The molecule has 0 saturated carbocycles. The minimum absolute atomic E-state index is 0. The molecule has 0 heterocycles. The molecule has 3 N–H and O–H groups in total. The first kappa shape index (κ1) is 9.06. The second kappa shape index (κ2) is 4.43. The summed E-state index contributed by atoms with van der Waals surface area (Å²) in [5.74, 6) is -0.968. The third-order valence-electron chi connectivity index (χ3n) is 0.175. The number of rotatable bonds is 1. The van der Waals surface area contributed by atoms with Crippen molar-refractivity contribution >= 4 is 5.97 Å². The average molecular weight is 91.1 g/mol. The highest BCUT2D eigenvalue weighted by Crippen LogP contribution is 1.43. The smallest absolute Gasteiger partial charge is 0.317 e. The van der Waals surface area contributed by atoms with Gasteiger partial charge in [0.15, 0.2) is 0 Å². The topological polar surface area (TPSA) is 63.3 Å². The fraction of sp³-hybridized carbons (Fsp3) is 0.667. The predicted octanol–water partition coefficient (Wildman–Crippen LogP) is -0.334. The van der Waals surface area contributed by atoms with Crippen molar-refractivity contribution in [2.24, 2.45) is 5.73 Å². The van der Waals surface area contributed by atoms with E-state index in [1.165, 1.54) is 0 Å². The van der Waals surface area contributed by atoms with E-state index in [2.05, 4.69) is 5.73 Å². The van der Waals surface area contributed by atoms with Crippen LogP contribution in [0.2, 0.25) is 0 Å². The summed E-state index contributed by atoms with van der Waals surface area (Å²) in [7, 11) is 0.